The molecule has 4 bridgehead atoms. The van der Waals surface area contributed by atoms with Gasteiger partial charge in [0.25, 0.3) is 0 Å². The number of ether oxygens (including phenoxy) is 10. The van der Waals surface area contributed by atoms with Gasteiger partial charge in [0, 0.05) is 0 Å². The number of nitrogens with zero attached hydrogens (tertiary/aromatic N) is 2. The van der Waals surface area contributed by atoms with Crippen molar-refractivity contribution < 1.29 is 47.4 Å². The average molecular weight is 651 g/mol. The fourth-order valence-corrected chi connectivity index (χ4v) is 4.40. The van der Waals surface area contributed by atoms with Crippen LogP contribution < -0.4 is 0 Å². The van der Waals surface area contributed by atoms with E-state index < -0.39 is 0 Å². The predicted octanol–water partition coefficient (Wildman–Crippen LogP) is 4.60. The largest absolute Gasteiger partial charge is 0.377 e. The first-order valence-corrected chi connectivity index (χ1v) is 16.4. The molecule has 0 radical (unpaired) electrons. The highest BCUT2D eigenvalue weighted by Gasteiger charge is 2.14. The Balaban J connectivity index is 1.40. The normalized spacial score (nSPS) is 26.2. The third kappa shape index (κ3) is 16.1. The zero-order valence-electron chi connectivity index (χ0n) is 28.1. The minimum absolute atomic E-state index is 0.167. The molecule has 0 fully saturated rings. The lowest BCUT2D eigenvalue weighted by Crippen LogP contribution is -2.15. The Morgan fingerprint density at radius 3 is 0.761 bits per heavy atom. The van der Waals surface area contributed by atoms with Crippen molar-refractivity contribution in [3.8, 4) is 0 Å². The van der Waals surface area contributed by atoms with E-state index in [9.17, 15) is 0 Å². The fourth-order valence-electron chi connectivity index (χ4n) is 4.40. The van der Waals surface area contributed by atoms with Gasteiger partial charge in [-0.1, -0.05) is 12.1 Å². The topological polar surface area (TPSA) is 118 Å². The Hall–Kier alpha value is -2.10. The van der Waals surface area contributed by atoms with Crippen molar-refractivity contribution in [3.63, 3.8) is 0 Å². The van der Waals surface area contributed by atoms with Gasteiger partial charge in [-0.25, -0.2) is 0 Å². The second-order valence-electron chi connectivity index (χ2n) is 10.7. The molecule has 2 aromatic rings. The molecule has 0 amide bonds. The van der Waals surface area contributed by atoms with Crippen LogP contribution in [0.2, 0.25) is 0 Å². The highest BCUT2D eigenvalue weighted by Crippen LogP contribution is 2.21. The second-order valence-corrected chi connectivity index (χ2v) is 10.7. The molecule has 0 spiro atoms. The van der Waals surface area contributed by atoms with Gasteiger partial charge in [0.05, 0.1) is 153 Å². The molecular formula is C34H54N2O10. The van der Waals surface area contributed by atoms with Crippen LogP contribution in [0.1, 0.15) is 74.9 Å². The van der Waals surface area contributed by atoms with Crippen LogP contribution in [0.15, 0.2) is 36.4 Å². The van der Waals surface area contributed by atoms with Gasteiger partial charge in [0.15, 0.2) is 0 Å². The number of rotatable bonds is 0. The van der Waals surface area contributed by atoms with Crippen molar-refractivity contribution in [2.24, 2.45) is 0 Å². The average Bonchev–Trinajstić information content (AvgIpc) is 3.08. The van der Waals surface area contributed by atoms with Crippen LogP contribution in [0.25, 0.3) is 0 Å². The molecule has 0 saturated heterocycles. The molecule has 0 N–H and O–H groups in total. The van der Waals surface area contributed by atoms with E-state index in [1.54, 1.807) is 0 Å². The van der Waals surface area contributed by atoms with Gasteiger partial charge in [0.1, 0.15) is 0 Å². The molecule has 0 saturated carbocycles. The highest BCUT2D eigenvalue weighted by atomic mass is 16.6. The predicted molar refractivity (Wildman–Crippen MR) is 171 cm³/mol. The first kappa shape index (κ1) is 38.3. The summed E-state index contributed by atoms with van der Waals surface area (Å²) < 4.78 is 57.4. The molecule has 0 unspecified atom stereocenters. The Morgan fingerprint density at radius 2 is 0.543 bits per heavy atom. The van der Waals surface area contributed by atoms with Crippen molar-refractivity contribution in [2.75, 3.05) is 106 Å². The third-order valence-electron chi connectivity index (χ3n) is 7.12. The number of pyridine rings is 2. The van der Waals surface area contributed by atoms with Gasteiger partial charge in [0.2, 0.25) is 0 Å². The van der Waals surface area contributed by atoms with Gasteiger partial charge in [-0.2, -0.15) is 0 Å². The van der Waals surface area contributed by atoms with Gasteiger partial charge in [-0.3, -0.25) is 9.97 Å². The first-order chi connectivity index (χ1) is 22.5. The molecule has 1 aliphatic rings. The summed E-state index contributed by atoms with van der Waals surface area (Å²) in [7, 11) is 0. The van der Waals surface area contributed by atoms with E-state index in [1.807, 2.05) is 64.1 Å². The molecule has 4 atom stereocenters. The molecule has 2 aromatic heterocycles. The lowest BCUT2D eigenvalue weighted by molar-refractivity contribution is -0.0286. The zero-order chi connectivity index (χ0) is 32.7. The van der Waals surface area contributed by atoms with Crippen LogP contribution >= 0.6 is 0 Å². The Labute approximate surface area is 274 Å². The van der Waals surface area contributed by atoms with Crippen LogP contribution in [0.3, 0.4) is 0 Å². The molecule has 0 aromatic carbocycles. The molecule has 3 rings (SSSR count). The molecular weight excluding hydrogens is 596 g/mol. The standard InChI is InChI=1S/C34H54N2O10/c1-27-31-7-5-8-32(35-31)28(2)44-24-20-40-17-13-38-14-18-42-22-26-46-30(4)34-10-6-9-33(36-34)29(3)45-25-21-41-16-12-37-11-15-39-19-23-43-27/h5-10,27-30H,11-26H2,1-4H3/t27-,28-,29-,30+/m0/s1. The van der Waals surface area contributed by atoms with Crippen molar-refractivity contribution in [3.05, 3.63) is 59.2 Å². The summed E-state index contributed by atoms with van der Waals surface area (Å²) in [6.45, 7) is 15.6. The molecule has 3 heterocycles. The van der Waals surface area contributed by atoms with Crippen LogP contribution in [0.5, 0.6) is 0 Å². The summed E-state index contributed by atoms with van der Waals surface area (Å²) in [5, 5.41) is 0. The fraction of sp³-hybridized carbons (Fsp3) is 0.706. The molecule has 46 heavy (non-hydrogen) atoms. The first-order valence-electron chi connectivity index (χ1n) is 16.4. The smallest absolute Gasteiger partial charge is 0.0967 e. The molecule has 260 valence electrons. The Kier molecular flexibility index (Phi) is 20.1. The maximum Gasteiger partial charge on any atom is 0.0967 e. The van der Waals surface area contributed by atoms with E-state index in [4.69, 9.17) is 57.3 Å². The van der Waals surface area contributed by atoms with Crippen molar-refractivity contribution in [2.45, 2.75) is 52.1 Å². The van der Waals surface area contributed by atoms with E-state index >= 15 is 0 Å². The number of hydrogen-bond donors (Lipinski definition) is 0. The summed E-state index contributed by atoms with van der Waals surface area (Å²) in [5.41, 5.74) is 3.41. The third-order valence-corrected chi connectivity index (χ3v) is 7.12. The van der Waals surface area contributed by atoms with Crippen LogP contribution in [-0.2, 0) is 47.4 Å². The quantitative estimate of drug-likeness (QED) is 0.397. The molecule has 12 nitrogen and oxygen atoms in total. The summed E-state index contributed by atoms with van der Waals surface area (Å²) in [6.07, 6.45) is -0.666. The van der Waals surface area contributed by atoms with E-state index in [1.165, 1.54) is 0 Å². The Morgan fingerprint density at radius 1 is 0.348 bits per heavy atom. The monoisotopic (exact) mass is 650 g/mol. The van der Waals surface area contributed by atoms with Gasteiger partial charge in [-0.15, -0.1) is 0 Å². The summed E-state index contributed by atoms with van der Waals surface area (Å²) in [6, 6.07) is 11.8. The minimum atomic E-state index is -0.167. The summed E-state index contributed by atoms with van der Waals surface area (Å²) >= 11 is 0. The number of aromatic nitrogens is 2. The van der Waals surface area contributed by atoms with Crippen LogP contribution in [-0.4, -0.2) is 116 Å². The second kappa shape index (κ2) is 24.1. The minimum Gasteiger partial charge on any atom is -0.377 e. The molecule has 0 aliphatic carbocycles. The van der Waals surface area contributed by atoms with Gasteiger partial charge in [-0.05, 0) is 52.0 Å². The lowest BCUT2D eigenvalue weighted by Gasteiger charge is -2.17. The van der Waals surface area contributed by atoms with E-state index in [-0.39, 0.29) is 24.4 Å². The lowest BCUT2D eigenvalue weighted by atomic mass is 10.2. The van der Waals surface area contributed by atoms with Crippen molar-refractivity contribution in [1.29, 1.82) is 0 Å². The molecule has 1 aliphatic heterocycles. The highest BCUT2D eigenvalue weighted by molar-refractivity contribution is 5.15. The van der Waals surface area contributed by atoms with Crippen molar-refractivity contribution >= 4 is 0 Å². The Bertz CT molecular complexity index is 896. The maximum atomic E-state index is 5.93. The van der Waals surface area contributed by atoms with Gasteiger partial charge < -0.3 is 47.4 Å². The molecule has 12 heteroatoms. The number of hydrogen-bond acceptors (Lipinski definition) is 12. The van der Waals surface area contributed by atoms with Crippen LogP contribution in [0.4, 0.5) is 0 Å². The van der Waals surface area contributed by atoms with Crippen LogP contribution in [0, 0.1) is 0 Å². The van der Waals surface area contributed by atoms with Crippen molar-refractivity contribution in [1.82, 2.24) is 9.97 Å². The van der Waals surface area contributed by atoms with E-state index in [2.05, 4.69) is 0 Å². The van der Waals surface area contributed by atoms with E-state index in [0.717, 1.165) is 22.8 Å². The zero-order valence-corrected chi connectivity index (χ0v) is 28.1. The summed E-state index contributed by atoms with van der Waals surface area (Å²) in [5.74, 6) is 0. The SMILES string of the molecule is C[C@@H]1OCCOCCOCCOCCO[C@@H](C)c2cccc(n2)[C@@H](C)OCCOCCOCCOCCO[C@@H](C)c2cccc1n2. The summed E-state index contributed by atoms with van der Waals surface area (Å²) in [4.78, 5) is 9.48. The van der Waals surface area contributed by atoms with E-state index in [0.29, 0.717) is 106 Å². The van der Waals surface area contributed by atoms with Gasteiger partial charge >= 0.3 is 0 Å². The number of fused-ring (bicyclic) bond motifs is 4. The maximum absolute atomic E-state index is 5.93.